The first-order chi connectivity index (χ1) is 6.43. The minimum Gasteiger partial charge on any atom is -0.459 e. The normalized spacial score (nSPS) is 14.2. The number of hydrogen-bond donors (Lipinski definition) is 0. The molecule has 9 heteroatoms. The van der Waals surface area contributed by atoms with Crippen molar-refractivity contribution in [2.45, 2.75) is 12.6 Å². The SMILES string of the molecule is CCOC(=O)C(C#N)(N(F)F)[N+](=O)[O-]. The highest BCUT2D eigenvalue weighted by molar-refractivity contribution is 5.81. The van der Waals surface area contributed by atoms with Crippen LogP contribution in [0.25, 0.3) is 0 Å². The van der Waals surface area contributed by atoms with Crippen LogP contribution in [0, 0.1) is 21.4 Å². The third kappa shape index (κ3) is 1.74. The van der Waals surface area contributed by atoms with E-state index in [1.807, 2.05) is 0 Å². The molecule has 0 saturated heterocycles. The van der Waals surface area contributed by atoms with Crippen LogP contribution >= 0.6 is 0 Å². The zero-order chi connectivity index (χ0) is 11.4. The highest BCUT2D eigenvalue weighted by atomic mass is 19.4. The van der Waals surface area contributed by atoms with Gasteiger partial charge in [-0.15, -0.1) is 0 Å². The summed E-state index contributed by atoms with van der Waals surface area (Å²) in [4.78, 5) is 19.2. The maximum Gasteiger partial charge on any atom is 0.510 e. The molecule has 0 amide bonds. The van der Waals surface area contributed by atoms with E-state index in [4.69, 9.17) is 5.26 Å². The monoisotopic (exact) mass is 209 g/mol. The fourth-order valence-corrected chi connectivity index (χ4v) is 0.561. The molecule has 0 saturated carbocycles. The van der Waals surface area contributed by atoms with E-state index in [-0.39, 0.29) is 6.61 Å². The molecule has 0 aromatic heterocycles. The maximum absolute atomic E-state index is 12.0. The van der Waals surface area contributed by atoms with Gasteiger partial charge in [-0.05, 0) is 6.92 Å². The van der Waals surface area contributed by atoms with Gasteiger partial charge in [-0.25, -0.2) is 4.79 Å². The number of carbonyl (C=O) groups excluding carboxylic acids is 1. The molecule has 0 aliphatic heterocycles. The predicted octanol–water partition coefficient (Wildman–Crippen LogP) is 0.117. The van der Waals surface area contributed by atoms with E-state index in [0.29, 0.717) is 6.07 Å². The molecule has 0 aromatic carbocycles. The van der Waals surface area contributed by atoms with Crippen LogP contribution in [0.3, 0.4) is 0 Å². The van der Waals surface area contributed by atoms with Crippen molar-refractivity contribution in [3.05, 3.63) is 10.1 Å². The van der Waals surface area contributed by atoms with Crippen LogP contribution in [0.4, 0.5) is 8.96 Å². The lowest BCUT2D eigenvalue weighted by Crippen LogP contribution is -2.54. The average molecular weight is 209 g/mol. The third-order valence-corrected chi connectivity index (χ3v) is 1.22. The van der Waals surface area contributed by atoms with Crippen molar-refractivity contribution in [3.63, 3.8) is 0 Å². The second-order valence-corrected chi connectivity index (χ2v) is 1.99. The highest BCUT2D eigenvalue weighted by Gasteiger charge is 2.62. The van der Waals surface area contributed by atoms with Gasteiger partial charge in [0.15, 0.2) is 6.07 Å². The maximum atomic E-state index is 12.0. The smallest absolute Gasteiger partial charge is 0.459 e. The number of nitriles is 1. The summed E-state index contributed by atoms with van der Waals surface area (Å²) in [6.45, 7) is 0.921. The van der Waals surface area contributed by atoms with Gasteiger partial charge in [0.25, 0.3) is 0 Å². The number of hydrogen-bond acceptors (Lipinski definition) is 6. The summed E-state index contributed by atoms with van der Waals surface area (Å²) in [6.07, 6.45) is 0. The number of carbonyl (C=O) groups is 1. The van der Waals surface area contributed by atoms with E-state index in [0.717, 1.165) is 0 Å². The molecule has 0 bridgehead atoms. The Balaban J connectivity index is 5.18. The molecule has 0 rings (SSSR count). The van der Waals surface area contributed by atoms with E-state index in [2.05, 4.69) is 4.74 Å². The fraction of sp³-hybridized carbons (Fsp3) is 0.600. The number of halogens is 2. The summed E-state index contributed by atoms with van der Waals surface area (Å²) in [5.41, 5.74) is -3.78. The lowest BCUT2D eigenvalue weighted by atomic mass is 10.2. The zero-order valence-electron chi connectivity index (χ0n) is 6.94. The van der Waals surface area contributed by atoms with Crippen molar-refractivity contribution in [2.24, 2.45) is 0 Å². The molecule has 0 fully saturated rings. The van der Waals surface area contributed by atoms with E-state index in [1.165, 1.54) is 6.92 Å². The summed E-state index contributed by atoms with van der Waals surface area (Å²) in [6, 6.07) is 0.601. The number of rotatable bonds is 4. The molecule has 1 atom stereocenters. The summed E-state index contributed by atoms with van der Waals surface area (Å²) in [5, 5.41) is 16.3. The first-order valence-corrected chi connectivity index (χ1v) is 3.28. The Bertz CT molecular complexity index is 289. The Kier molecular flexibility index (Phi) is 3.85. The molecule has 0 N–H and O–H groups in total. The van der Waals surface area contributed by atoms with Crippen molar-refractivity contribution < 1.29 is 23.4 Å². The van der Waals surface area contributed by atoms with E-state index >= 15 is 0 Å². The van der Waals surface area contributed by atoms with Gasteiger partial charge < -0.3 is 4.74 Å². The predicted molar refractivity (Wildman–Crippen MR) is 36.0 cm³/mol. The molecule has 0 radical (unpaired) electrons. The van der Waals surface area contributed by atoms with Gasteiger partial charge in [-0.2, -0.15) is 5.26 Å². The van der Waals surface area contributed by atoms with Crippen LogP contribution in [0.5, 0.6) is 0 Å². The third-order valence-electron chi connectivity index (χ3n) is 1.22. The highest BCUT2D eigenvalue weighted by Crippen LogP contribution is 2.18. The molecule has 0 spiro atoms. The van der Waals surface area contributed by atoms with Crippen LogP contribution < -0.4 is 0 Å². The Morgan fingerprint density at radius 3 is 2.50 bits per heavy atom. The van der Waals surface area contributed by atoms with Crippen LogP contribution in [0.15, 0.2) is 0 Å². The molecule has 0 aromatic rings. The molecule has 1 unspecified atom stereocenters. The fourth-order valence-electron chi connectivity index (χ4n) is 0.561. The molecule has 7 nitrogen and oxygen atoms in total. The van der Waals surface area contributed by atoms with Gasteiger partial charge in [0.05, 0.1) is 11.5 Å². The second-order valence-electron chi connectivity index (χ2n) is 1.99. The molecular weight excluding hydrogens is 204 g/mol. The number of ether oxygens (including phenoxy) is 1. The standard InChI is InChI=1S/C5H5F2N3O4/c1-2-14-4(11)5(3-8,9(6)7)10(12)13/h2H2,1H3. The minimum atomic E-state index is -3.78. The Morgan fingerprint density at radius 1 is 1.79 bits per heavy atom. The van der Waals surface area contributed by atoms with Crippen molar-refractivity contribution in [2.75, 3.05) is 6.61 Å². The summed E-state index contributed by atoms with van der Waals surface area (Å²) >= 11 is 0. The Morgan fingerprint density at radius 2 is 2.29 bits per heavy atom. The van der Waals surface area contributed by atoms with Crippen LogP contribution in [-0.4, -0.2) is 28.5 Å². The van der Waals surface area contributed by atoms with Gasteiger partial charge in [0, 0.05) is 0 Å². The quantitative estimate of drug-likeness (QED) is 0.214. The number of nitrogens with zero attached hydrogens (tertiary/aromatic N) is 3. The number of nitro groups is 1. The molecule has 0 heterocycles. The van der Waals surface area contributed by atoms with E-state index in [1.54, 1.807) is 0 Å². The van der Waals surface area contributed by atoms with E-state index in [9.17, 15) is 23.9 Å². The minimum absolute atomic E-state index is 0.343. The Hall–Kier alpha value is -1.82. The van der Waals surface area contributed by atoms with Crippen molar-refractivity contribution in [3.8, 4) is 6.07 Å². The molecule has 0 aliphatic rings. The largest absolute Gasteiger partial charge is 0.510 e. The first-order valence-electron chi connectivity index (χ1n) is 3.28. The van der Waals surface area contributed by atoms with Crippen molar-refractivity contribution >= 4 is 5.97 Å². The van der Waals surface area contributed by atoms with Crippen molar-refractivity contribution in [1.82, 2.24) is 5.34 Å². The van der Waals surface area contributed by atoms with Gasteiger partial charge in [0.1, 0.15) is 5.34 Å². The van der Waals surface area contributed by atoms with Gasteiger partial charge in [0.2, 0.25) is 0 Å². The van der Waals surface area contributed by atoms with Crippen LogP contribution in [-0.2, 0) is 9.53 Å². The topological polar surface area (TPSA) is 96.5 Å². The van der Waals surface area contributed by atoms with Gasteiger partial charge in [-0.1, -0.05) is 8.96 Å². The van der Waals surface area contributed by atoms with Crippen LogP contribution in [0.2, 0.25) is 0 Å². The summed E-state index contributed by atoms with van der Waals surface area (Å²) in [5.74, 6) is -1.92. The van der Waals surface area contributed by atoms with Crippen LogP contribution in [0.1, 0.15) is 6.92 Å². The lowest BCUT2D eigenvalue weighted by Gasteiger charge is -2.14. The van der Waals surface area contributed by atoms with Crippen molar-refractivity contribution in [1.29, 1.82) is 5.26 Å². The molecule has 0 aliphatic carbocycles. The Labute approximate surface area is 76.5 Å². The average Bonchev–Trinajstić information content (AvgIpc) is 2.05. The molecule has 14 heavy (non-hydrogen) atoms. The summed E-state index contributed by atoms with van der Waals surface area (Å²) in [7, 11) is 0. The molecular formula is C5H5F2N3O4. The second kappa shape index (κ2) is 4.43. The zero-order valence-corrected chi connectivity index (χ0v) is 6.94. The number of esters is 1. The van der Waals surface area contributed by atoms with Gasteiger partial charge in [-0.3, -0.25) is 10.1 Å². The molecule has 78 valence electrons. The van der Waals surface area contributed by atoms with E-state index < -0.39 is 21.9 Å². The van der Waals surface area contributed by atoms with Gasteiger partial charge >= 0.3 is 11.6 Å². The first kappa shape index (κ1) is 12.2. The summed E-state index contributed by atoms with van der Waals surface area (Å²) < 4.78 is 28.1. The lowest BCUT2D eigenvalue weighted by molar-refractivity contribution is -0.601.